The quantitative estimate of drug-likeness (QED) is 0.811. The number of hydrogen-bond donors (Lipinski definition) is 0. The lowest BCUT2D eigenvalue weighted by molar-refractivity contribution is 0.414. The first kappa shape index (κ1) is 18.0. The Kier molecular flexibility index (Phi) is 5.59. The molecule has 1 heterocycles. The van der Waals surface area contributed by atoms with Crippen LogP contribution in [0.15, 0.2) is 24.3 Å². The normalized spacial score (nSPS) is 12.2. The van der Waals surface area contributed by atoms with Crippen LogP contribution in [0, 0.1) is 0 Å². The summed E-state index contributed by atoms with van der Waals surface area (Å²) in [5, 5.41) is 0. The zero-order valence-electron chi connectivity index (χ0n) is 15.6. The number of nitrogens with zero attached hydrogens (tertiary/aromatic N) is 5. The van der Waals surface area contributed by atoms with Crippen LogP contribution in [0.1, 0.15) is 44.1 Å². The van der Waals surface area contributed by atoms with E-state index in [1.165, 1.54) is 5.56 Å². The van der Waals surface area contributed by atoms with Gasteiger partial charge in [-0.05, 0) is 24.6 Å². The predicted molar refractivity (Wildman–Crippen MR) is 98.1 cm³/mol. The summed E-state index contributed by atoms with van der Waals surface area (Å²) in [7, 11) is 7.56. The Morgan fingerprint density at radius 1 is 0.875 bits per heavy atom. The first-order valence-electron chi connectivity index (χ1n) is 8.13. The molecule has 0 saturated heterocycles. The van der Waals surface area contributed by atoms with Crippen molar-refractivity contribution in [2.75, 3.05) is 38.1 Å². The number of hydrogen-bond acceptors (Lipinski definition) is 6. The Morgan fingerprint density at radius 3 is 1.96 bits per heavy atom. The molecule has 0 saturated carbocycles. The Labute approximate surface area is 144 Å². The number of aromatic nitrogens is 3. The maximum Gasteiger partial charge on any atom is 0.230 e. The third-order valence-corrected chi connectivity index (χ3v) is 4.04. The Morgan fingerprint density at radius 2 is 1.46 bits per heavy atom. The van der Waals surface area contributed by atoms with E-state index < -0.39 is 0 Å². The lowest BCUT2D eigenvalue weighted by atomic mass is 10.1. The molecule has 6 heteroatoms. The van der Waals surface area contributed by atoms with Crippen molar-refractivity contribution in [2.24, 2.45) is 0 Å². The van der Waals surface area contributed by atoms with Gasteiger partial charge in [-0.15, -0.1) is 0 Å². The van der Waals surface area contributed by atoms with Crippen molar-refractivity contribution in [2.45, 2.75) is 32.7 Å². The third-order valence-electron chi connectivity index (χ3n) is 4.04. The summed E-state index contributed by atoms with van der Waals surface area (Å²) in [6, 6.07) is 8.21. The fourth-order valence-corrected chi connectivity index (χ4v) is 2.26. The molecule has 0 bridgehead atoms. The minimum Gasteiger partial charge on any atom is -0.497 e. The molecule has 130 valence electrons. The molecule has 0 amide bonds. The van der Waals surface area contributed by atoms with Crippen LogP contribution < -0.4 is 14.5 Å². The second-order valence-electron chi connectivity index (χ2n) is 6.40. The molecular formula is C18H27N5O. The van der Waals surface area contributed by atoms with E-state index in [1.54, 1.807) is 7.11 Å². The standard InChI is InChI=1S/C18H27N5O/c1-12(2)16-19-17(22(4)5)21-18(20-16)23(6)13(3)14-8-10-15(24-7)11-9-14/h8-13H,1-7H3. The van der Waals surface area contributed by atoms with Crippen LogP contribution in [-0.2, 0) is 0 Å². The maximum atomic E-state index is 5.23. The third kappa shape index (κ3) is 3.93. The second-order valence-corrected chi connectivity index (χ2v) is 6.40. The van der Waals surface area contributed by atoms with Crippen molar-refractivity contribution < 1.29 is 4.74 Å². The molecule has 1 aromatic carbocycles. The average Bonchev–Trinajstić information content (AvgIpc) is 2.60. The molecule has 1 atom stereocenters. The largest absolute Gasteiger partial charge is 0.497 e. The Hall–Kier alpha value is -2.37. The van der Waals surface area contributed by atoms with Gasteiger partial charge in [-0.25, -0.2) is 0 Å². The molecule has 0 spiro atoms. The van der Waals surface area contributed by atoms with Crippen LogP contribution in [0.3, 0.4) is 0 Å². The Balaban J connectivity index is 2.34. The molecule has 1 unspecified atom stereocenters. The van der Waals surface area contributed by atoms with Gasteiger partial charge in [0, 0.05) is 27.1 Å². The van der Waals surface area contributed by atoms with Crippen LogP contribution in [-0.4, -0.2) is 43.2 Å². The molecule has 0 aliphatic carbocycles. The van der Waals surface area contributed by atoms with Crippen molar-refractivity contribution in [1.82, 2.24) is 15.0 Å². The van der Waals surface area contributed by atoms with E-state index in [-0.39, 0.29) is 12.0 Å². The lowest BCUT2D eigenvalue weighted by Crippen LogP contribution is -2.26. The molecule has 2 rings (SSSR count). The summed E-state index contributed by atoms with van der Waals surface area (Å²) in [6.45, 7) is 6.31. The highest BCUT2D eigenvalue weighted by atomic mass is 16.5. The molecule has 0 radical (unpaired) electrons. The van der Waals surface area contributed by atoms with E-state index in [0.717, 1.165) is 11.6 Å². The maximum absolute atomic E-state index is 5.23. The molecule has 0 aliphatic heterocycles. The number of rotatable bonds is 6. The van der Waals surface area contributed by atoms with Crippen LogP contribution in [0.4, 0.5) is 11.9 Å². The summed E-state index contributed by atoms with van der Waals surface area (Å²) in [6.07, 6.45) is 0. The minimum absolute atomic E-state index is 0.133. The molecular weight excluding hydrogens is 302 g/mol. The summed E-state index contributed by atoms with van der Waals surface area (Å²) in [5.41, 5.74) is 1.18. The zero-order valence-corrected chi connectivity index (χ0v) is 15.6. The van der Waals surface area contributed by atoms with Crippen molar-refractivity contribution in [1.29, 1.82) is 0 Å². The van der Waals surface area contributed by atoms with E-state index >= 15 is 0 Å². The van der Waals surface area contributed by atoms with Gasteiger partial charge in [0.15, 0.2) is 0 Å². The Bertz CT molecular complexity index is 643. The molecule has 0 aliphatic rings. The smallest absolute Gasteiger partial charge is 0.230 e. The summed E-state index contributed by atoms with van der Waals surface area (Å²) < 4.78 is 5.23. The zero-order chi connectivity index (χ0) is 17.9. The molecule has 6 nitrogen and oxygen atoms in total. The van der Waals surface area contributed by atoms with Crippen molar-refractivity contribution >= 4 is 11.9 Å². The van der Waals surface area contributed by atoms with E-state index in [2.05, 4.69) is 52.8 Å². The SMILES string of the molecule is COc1ccc(C(C)N(C)c2nc(C(C)C)nc(N(C)C)n2)cc1. The molecule has 1 aromatic heterocycles. The highest BCUT2D eigenvalue weighted by Gasteiger charge is 2.18. The van der Waals surface area contributed by atoms with Gasteiger partial charge in [0.1, 0.15) is 11.6 Å². The minimum atomic E-state index is 0.133. The monoisotopic (exact) mass is 329 g/mol. The van der Waals surface area contributed by atoms with Gasteiger partial charge in [-0.2, -0.15) is 15.0 Å². The fraction of sp³-hybridized carbons (Fsp3) is 0.500. The van der Waals surface area contributed by atoms with Gasteiger partial charge in [0.2, 0.25) is 11.9 Å². The first-order chi connectivity index (χ1) is 11.3. The summed E-state index contributed by atoms with van der Waals surface area (Å²) in [4.78, 5) is 17.8. The van der Waals surface area contributed by atoms with Gasteiger partial charge >= 0.3 is 0 Å². The number of methoxy groups -OCH3 is 1. The molecule has 24 heavy (non-hydrogen) atoms. The predicted octanol–water partition coefficient (Wildman–Crippen LogP) is 3.27. The number of anilines is 2. The van der Waals surface area contributed by atoms with Crippen LogP contribution in [0.2, 0.25) is 0 Å². The summed E-state index contributed by atoms with van der Waals surface area (Å²) >= 11 is 0. The number of benzene rings is 1. The van der Waals surface area contributed by atoms with Gasteiger partial charge in [0.25, 0.3) is 0 Å². The van der Waals surface area contributed by atoms with E-state index in [1.807, 2.05) is 38.2 Å². The molecule has 0 fully saturated rings. The van der Waals surface area contributed by atoms with Crippen molar-refractivity contribution in [3.05, 3.63) is 35.7 Å². The van der Waals surface area contributed by atoms with Gasteiger partial charge in [-0.1, -0.05) is 26.0 Å². The average molecular weight is 329 g/mol. The lowest BCUT2D eigenvalue weighted by Gasteiger charge is -2.26. The highest BCUT2D eigenvalue weighted by Crippen LogP contribution is 2.26. The topological polar surface area (TPSA) is 54.4 Å². The van der Waals surface area contributed by atoms with Gasteiger partial charge < -0.3 is 14.5 Å². The van der Waals surface area contributed by atoms with Crippen molar-refractivity contribution in [3.63, 3.8) is 0 Å². The number of ether oxygens (including phenoxy) is 1. The summed E-state index contributed by atoms with van der Waals surface area (Å²) in [5.74, 6) is 3.26. The van der Waals surface area contributed by atoms with E-state index in [0.29, 0.717) is 11.9 Å². The van der Waals surface area contributed by atoms with Crippen molar-refractivity contribution in [3.8, 4) is 5.75 Å². The van der Waals surface area contributed by atoms with E-state index in [4.69, 9.17) is 4.74 Å². The highest BCUT2D eigenvalue weighted by molar-refractivity contribution is 5.41. The first-order valence-corrected chi connectivity index (χ1v) is 8.13. The second kappa shape index (κ2) is 7.47. The van der Waals surface area contributed by atoms with Gasteiger partial charge in [0.05, 0.1) is 13.2 Å². The van der Waals surface area contributed by atoms with Crippen LogP contribution in [0.5, 0.6) is 5.75 Å². The van der Waals surface area contributed by atoms with Gasteiger partial charge in [-0.3, -0.25) is 0 Å². The molecule has 2 aromatic rings. The van der Waals surface area contributed by atoms with Crippen LogP contribution in [0.25, 0.3) is 0 Å². The van der Waals surface area contributed by atoms with E-state index in [9.17, 15) is 0 Å². The molecule has 0 N–H and O–H groups in total. The fourth-order valence-electron chi connectivity index (χ4n) is 2.26. The van der Waals surface area contributed by atoms with Crippen LogP contribution >= 0.6 is 0 Å².